The monoisotopic (exact) mass is 442 g/mol. The standard InChI is InChI=1S/C28H30N2O3/c31-26(19-22-11-4-1-5-12-22)30(21-23-13-6-2-7-14-23)27(24-15-8-3-9-16-24)28(32)29-20-25-17-10-18-33-25/h1-9,11-16,25,27H,10,17-21H2,(H,29,32)/t25-,27+/m1/s1. The van der Waals surface area contributed by atoms with Gasteiger partial charge in [-0.1, -0.05) is 91.0 Å². The maximum absolute atomic E-state index is 13.6. The van der Waals surface area contributed by atoms with Gasteiger partial charge in [-0.25, -0.2) is 0 Å². The molecule has 5 heteroatoms. The smallest absolute Gasteiger partial charge is 0.247 e. The van der Waals surface area contributed by atoms with E-state index in [4.69, 9.17) is 4.74 Å². The summed E-state index contributed by atoms with van der Waals surface area (Å²) in [5.74, 6) is -0.278. The summed E-state index contributed by atoms with van der Waals surface area (Å²) in [6, 6.07) is 28.3. The predicted molar refractivity (Wildman–Crippen MR) is 128 cm³/mol. The highest BCUT2D eigenvalue weighted by atomic mass is 16.5. The van der Waals surface area contributed by atoms with E-state index in [1.807, 2.05) is 91.0 Å². The van der Waals surface area contributed by atoms with Crippen LogP contribution in [-0.4, -0.2) is 36.0 Å². The largest absolute Gasteiger partial charge is 0.376 e. The molecule has 33 heavy (non-hydrogen) atoms. The second-order valence-corrected chi connectivity index (χ2v) is 8.36. The van der Waals surface area contributed by atoms with E-state index in [1.165, 1.54) is 0 Å². The third-order valence-electron chi connectivity index (χ3n) is 5.92. The van der Waals surface area contributed by atoms with E-state index in [0.717, 1.165) is 36.1 Å². The Morgan fingerprint density at radius 3 is 2.09 bits per heavy atom. The van der Waals surface area contributed by atoms with Crippen molar-refractivity contribution in [2.24, 2.45) is 0 Å². The molecule has 0 radical (unpaired) electrons. The number of carbonyl (C=O) groups is 2. The minimum Gasteiger partial charge on any atom is -0.376 e. The van der Waals surface area contributed by atoms with Gasteiger partial charge in [0.25, 0.3) is 0 Å². The first kappa shape index (κ1) is 22.7. The molecule has 0 bridgehead atoms. The molecule has 1 N–H and O–H groups in total. The highest BCUT2D eigenvalue weighted by Crippen LogP contribution is 2.25. The van der Waals surface area contributed by atoms with Gasteiger partial charge in [-0.2, -0.15) is 0 Å². The maximum atomic E-state index is 13.6. The Labute approximate surface area is 195 Å². The van der Waals surface area contributed by atoms with E-state index in [1.54, 1.807) is 4.90 Å². The molecule has 0 saturated carbocycles. The van der Waals surface area contributed by atoms with E-state index in [-0.39, 0.29) is 24.3 Å². The normalized spacial score (nSPS) is 16.2. The summed E-state index contributed by atoms with van der Waals surface area (Å²) in [5, 5.41) is 3.05. The summed E-state index contributed by atoms with van der Waals surface area (Å²) in [7, 11) is 0. The zero-order chi connectivity index (χ0) is 22.9. The molecule has 3 aromatic rings. The molecule has 2 atom stereocenters. The van der Waals surface area contributed by atoms with Crippen molar-refractivity contribution in [3.63, 3.8) is 0 Å². The lowest BCUT2D eigenvalue weighted by Gasteiger charge is -2.32. The molecular weight excluding hydrogens is 412 g/mol. The molecule has 2 amide bonds. The summed E-state index contributed by atoms with van der Waals surface area (Å²) in [5.41, 5.74) is 2.69. The number of rotatable bonds is 9. The first-order valence-electron chi connectivity index (χ1n) is 11.5. The second-order valence-electron chi connectivity index (χ2n) is 8.36. The number of nitrogens with zero attached hydrogens (tertiary/aromatic N) is 1. The van der Waals surface area contributed by atoms with Crippen LogP contribution in [0.15, 0.2) is 91.0 Å². The molecule has 1 aliphatic rings. The van der Waals surface area contributed by atoms with E-state index >= 15 is 0 Å². The molecule has 5 nitrogen and oxygen atoms in total. The van der Waals surface area contributed by atoms with Gasteiger partial charge >= 0.3 is 0 Å². The predicted octanol–water partition coefficient (Wildman–Crippen LogP) is 4.29. The van der Waals surface area contributed by atoms with Crippen LogP contribution < -0.4 is 5.32 Å². The molecule has 0 aromatic heterocycles. The van der Waals surface area contributed by atoms with Crippen LogP contribution in [0, 0.1) is 0 Å². The van der Waals surface area contributed by atoms with Gasteiger partial charge in [0.15, 0.2) is 0 Å². The number of amides is 2. The quantitative estimate of drug-likeness (QED) is 0.538. The van der Waals surface area contributed by atoms with Crippen LogP contribution in [0.4, 0.5) is 0 Å². The van der Waals surface area contributed by atoms with Crippen LogP contribution in [0.25, 0.3) is 0 Å². The van der Waals surface area contributed by atoms with Crippen molar-refractivity contribution in [2.75, 3.05) is 13.2 Å². The molecule has 1 saturated heterocycles. The number of ether oxygens (including phenoxy) is 1. The van der Waals surface area contributed by atoms with Gasteiger partial charge in [0.1, 0.15) is 6.04 Å². The average Bonchev–Trinajstić information content (AvgIpc) is 3.38. The van der Waals surface area contributed by atoms with Crippen molar-refractivity contribution in [3.05, 3.63) is 108 Å². The second kappa shape index (κ2) is 11.4. The molecule has 170 valence electrons. The lowest BCUT2D eigenvalue weighted by molar-refractivity contribution is -0.141. The third-order valence-corrected chi connectivity index (χ3v) is 5.92. The zero-order valence-corrected chi connectivity index (χ0v) is 18.7. The molecule has 4 rings (SSSR count). The minimum absolute atomic E-state index is 0.0352. The fourth-order valence-corrected chi connectivity index (χ4v) is 4.20. The van der Waals surface area contributed by atoms with Crippen LogP contribution >= 0.6 is 0 Å². The SMILES string of the molecule is O=C(NC[C@H]1CCCO1)[C@H](c1ccccc1)N(Cc1ccccc1)C(=O)Cc1ccccc1. The number of benzene rings is 3. The molecule has 1 heterocycles. The number of hydrogen-bond donors (Lipinski definition) is 1. The highest BCUT2D eigenvalue weighted by Gasteiger charge is 2.32. The third kappa shape index (κ3) is 6.30. The van der Waals surface area contributed by atoms with E-state index < -0.39 is 6.04 Å². The Hall–Kier alpha value is -3.44. The van der Waals surface area contributed by atoms with Crippen molar-refractivity contribution in [3.8, 4) is 0 Å². The Morgan fingerprint density at radius 1 is 0.879 bits per heavy atom. The Kier molecular flexibility index (Phi) is 7.88. The van der Waals surface area contributed by atoms with Gasteiger partial charge in [0, 0.05) is 19.7 Å². The van der Waals surface area contributed by atoms with Gasteiger partial charge in [0.2, 0.25) is 11.8 Å². The summed E-state index contributed by atoms with van der Waals surface area (Å²) >= 11 is 0. The first-order valence-corrected chi connectivity index (χ1v) is 11.5. The zero-order valence-electron chi connectivity index (χ0n) is 18.7. The van der Waals surface area contributed by atoms with Crippen molar-refractivity contribution in [1.29, 1.82) is 0 Å². The fraction of sp³-hybridized carbons (Fsp3) is 0.286. The summed E-state index contributed by atoms with van der Waals surface area (Å²) in [6.07, 6.45) is 2.22. The maximum Gasteiger partial charge on any atom is 0.247 e. The van der Waals surface area contributed by atoms with Crippen LogP contribution in [0.5, 0.6) is 0 Å². The van der Waals surface area contributed by atoms with E-state index in [9.17, 15) is 9.59 Å². The minimum atomic E-state index is -0.732. The lowest BCUT2D eigenvalue weighted by Crippen LogP contribution is -2.45. The highest BCUT2D eigenvalue weighted by molar-refractivity contribution is 5.89. The van der Waals surface area contributed by atoms with Gasteiger partial charge in [0.05, 0.1) is 12.5 Å². The van der Waals surface area contributed by atoms with Crippen LogP contribution in [0.2, 0.25) is 0 Å². The first-order chi connectivity index (χ1) is 16.2. The molecule has 0 unspecified atom stereocenters. The van der Waals surface area contributed by atoms with Crippen molar-refractivity contribution in [2.45, 2.75) is 38.0 Å². The molecule has 1 fully saturated rings. The topological polar surface area (TPSA) is 58.6 Å². The molecule has 1 aliphatic heterocycles. The summed E-state index contributed by atoms with van der Waals surface area (Å²) < 4.78 is 5.68. The van der Waals surface area contributed by atoms with Gasteiger partial charge < -0.3 is 15.0 Å². The summed E-state index contributed by atoms with van der Waals surface area (Å²) in [4.78, 5) is 28.8. The Bertz CT molecular complexity index is 1020. The number of carbonyl (C=O) groups excluding carboxylic acids is 2. The van der Waals surface area contributed by atoms with Crippen molar-refractivity contribution < 1.29 is 14.3 Å². The molecule has 3 aromatic carbocycles. The van der Waals surface area contributed by atoms with Crippen molar-refractivity contribution >= 4 is 11.8 Å². The fourth-order valence-electron chi connectivity index (χ4n) is 4.20. The number of hydrogen-bond acceptors (Lipinski definition) is 3. The molecule has 0 aliphatic carbocycles. The molecule has 0 spiro atoms. The van der Waals surface area contributed by atoms with Crippen LogP contribution in [0.3, 0.4) is 0 Å². The Balaban J connectivity index is 1.63. The van der Waals surface area contributed by atoms with Crippen molar-refractivity contribution in [1.82, 2.24) is 10.2 Å². The van der Waals surface area contributed by atoms with E-state index in [0.29, 0.717) is 13.1 Å². The van der Waals surface area contributed by atoms with Crippen LogP contribution in [0.1, 0.15) is 35.6 Å². The average molecular weight is 443 g/mol. The Morgan fingerprint density at radius 2 is 1.48 bits per heavy atom. The van der Waals surface area contributed by atoms with Gasteiger partial charge in [-0.15, -0.1) is 0 Å². The molecular formula is C28H30N2O3. The lowest BCUT2D eigenvalue weighted by atomic mass is 10.0. The summed E-state index contributed by atoms with van der Waals surface area (Å²) in [6.45, 7) is 1.53. The van der Waals surface area contributed by atoms with Crippen LogP contribution in [-0.2, 0) is 27.3 Å². The van der Waals surface area contributed by atoms with E-state index in [2.05, 4.69) is 5.32 Å². The van der Waals surface area contributed by atoms with Gasteiger partial charge in [-0.3, -0.25) is 9.59 Å². The van der Waals surface area contributed by atoms with Gasteiger partial charge in [-0.05, 0) is 29.5 Å². The number of nitrogens with one attached hydrogen (secondary N) is 1.